The molecule has 0 aliphatic heterocycles. The molecule has 4 nitrogen and oxygen atoms in total. The predicted molar refractivity (Wildman–Crippen MR) is 85.9 cm³/mol. The summed E-state index contributed by atoms with van der Waals surface area (Å²) in [6.45, 7) is 1.93. The van der Waals surface area contributed by atoms with Gasteiger partial charge in [0, 0.05) is 23.3 Å². The first-order valence-corrected chi connectivity index (χ1v) is 7.66. The van der Waals surface area contributed by atoms with Crippen LogP contribution in [-0.2, 0) is 4.79 Å². The molecule has 0 fully saturated rings. The first kappa shape index (κ1) is 15.4. The summed E-state index contributed by atoms with van der Waals surface area (Å²) < 4.78 is 5.11. The van der Waals surface area contributed by atoms with Crippen LogP contribution in [0.2, 0.25) is 0 Å². The molecule has 1 amide bonds. The fraction of sp³-hybridized carbons (Fsp3) is 0.250. The minimum Gasteiger partial charge on any atom is -0.497 e. The fourth-order valence-electron chi connectivity index (χ4n) is 1.74. The monoisotopic (exact) mass is 302 g/mol. The molecule has 2 aromatic rings. The number of aryl methyl sites for hydroxylation is 1. The van der Waals surface area contributed by atoms with Crippen molar-refractivity contribution in [2.45, 2.75) is 18.2 Å². The van der Waals surface area contributed by atoms with Gasteiger partial charge in [-0.3, -0.25) is 4.79 Å². The summed E-state index contributed by atoms with van der Waals surface area (Å²) in [6, 6.07) is 11.6. The van der Waals surface area contributed by atoms with Crippen LogP contribution in [0, 0.1) is 6.92 Å². The molecule has 21 heavy (non-hydrogen) atoms. The molecule has 1 heterocycles. The zero-order chi connectivity index (χ0) is 15.1. The average Bonchev–Trinajstić information content (AvgIpc) is 2.50. The fourth-order valence-corrected chi connectivity index (χ4v) is 2.60. The van der Waals surface area contributed by atoms with Crippen LogP contribution in [-0.4, -0.2) is 23.8 Å². The molecule has 1 N–H and O–H groups in total. The van der Waals surface area contributed by atoms with Crippen LogP contribution in [0.5, 0.6) is 5.75 Å². The van der Waals surface area contributed by atoms with Crippen molar-refractivity contribution in [3.05, 3.63) is 48.2 Å². The summed E-state index contributed by atoms with van der Waals surface area (Å²) in [7, 11) is 1.64. The molecule has 5 heteroatoms. The Morgan fingerprint density at radius 2 is 2.05 bits per heavy atom. The number of amides is 1. The Morgan fingerprint density at radius 1 is 1.29 bits per heavy atom. The first-order chi connectivity index (χ1) is 10.2. The SMILES string of the molecule is COc1ccc(SCCC(=O)Nc2ncccc2C)cc1. The van der Waals surface area contributed by atoms with Gasteiger partial charge in [-0.25, -0.2) is 4.98 Å². The largest absolute Gasteiger partial charge is 0.497 e. The van der Waals surface area contributed by atoms with Gasteiger partial charge in [0.05, 0.1) is 7.11 Å². The lowest BCUT2D eigenvalue weighted by Gasteiger charge is -2.07. The van der Waals surface area contributed by atoms with E-state index < -0.39 is 0 Å². The van der Waals surface area contributed by atoms with E-state index in [1.165, 1.54) is 0 Å². The molecule has 0 unspecified atom stereocenters. The predicted octanol–water partition coefficient (Wildman–Crippen LogP) is 3.52. The Bertz CT molecular complexity index is 599. The molecular weight excluding hydrogens is 284 g/mol. The van der Waals surface area contributed by atoms with Crippen LogP contribution in [0.3, 0.4) is 0 Å². The van der Waals surface area contributed by atoms with Crippen molar-refractivity contribution in [1.29, 1.82) is 0 Å². The van der Waals surface area contributed by atoms with Gasteiger partial charge in [0.25, 0.3) is 0 Å². The number of aromatic nitrogens is 1. The van der Waals surface area contributed by atoms with E-state index in [0.29, 0.717) is 12.2 Å². The number of methoxy groups -OCH3 is 1. The first-order valence-electron chi connectivity index (χ1n) is 6.67. The summed E-state index contributed by atoms with van der Waals surface area (Å²) in [5.41, 5.74) is 0.966. The van der Waals surface area contributed by atoms with Crippen LogP contribution >= 0.6 is 11.8 Å². The maximum absolute atomic E-state index is 11.9. The molecule has 0 aliphatic carbocycles. The van der Waals surface area contributed by atoms with Crippen molar-refractivity contribution >= 4 is 23.5 Å². The van der Waals surface area contributed by atoms with E-state index in [1.807, 2.05) is 43.3 Å². The highest BCUT2D eigenvalue weighted by Gasteiger charge is 2.05. The van der Waals surface area contributed by atoms with Gasteiger partial charge in [-0.05, 0) is 42.8 Å². The molecule has 0 radical (unpaired) electrons. The van der Waals surface area contributed by atoms with Crippen molar-refractivity contribution in [2.24, 2.45) is 0 Å². The van der Waals surface area contributed by atoms with E-state index in [4.69, 9.17) is 4.74 Å². The van der Waals surface area contributed by atoms with Crippen molar-refractivity contribution in [2.75, 3.05) is 18.2 Å². The van der Waals surface area contributed by atoms with E-state index in [-0.39, 0.29) is 5.91 Å². The van der Waals surface area contributed by atoms with Gasteiger partial charge in [0.15, 0.2) is 0 Å². The maximum atomic E-state index is 11.9. The molecule has 0 spiro atoms. The minimum atomic E-state index is -0.0159. The van der Waals surface area contributed by atoms with Gasteiger partial charge in [-0.15, -0.1) is 11.8 Å². The number of ether oxygens (including phenoxy) is 1. The Hall–Kier alpha value is -2.01. The minimum absolute atomic E-state index is 0.0159. The molecule has 0 bridgehead atoms. The van der Waals surface area contributed by atoms with Crippen LogP contribution in [0.15, 0.2) is 47.5 Å². The van der Waals surface area contributed by atoms with E-state index >= 15 is 0 Å². The number of carbonyl (C=O) groups is 1. The standard InChI is InChI=1S/C16H18N2O2S/c1-12-4-3-10-17-16(12)18-15(19)9-11-21-14-7-5-13(20-2)6-8-14/h3-8,10H,9,11H2,1-2H3,(H,17,18,19). The van der Waals surface area contributed by atoms with E-state index in [9.17, 15) is 4.79 Å². The Kier molecular flexibility index (Phi) is 5.63. The zero-order valence-corrected chi connectivity index (χ0v) is 12.9. The second-order valence-corrected chi connectivity index (χ2v) is 5.66. The average molecular weight is 302 g/mol. The number of pyridine rings is 1. The second-order valence-electron chi connectivity index (χ2n) is 4.49. The van der Waals surface area contributed by atoms with Gasteiger partial charge in [0.1, 0.15) is 11.6 Å². The van der Waals surface area contributed by atoms with Gasteiger partial charge >= 0.3 is 0 Å². The summed E-state index contributed by atoms with van der Waals surface area (Å²) in [4.78, 5) is 17.1. The van der Waals surface area contributed by atoms with Crippen LogP contribution < -0.4 is 10.1 Å². The van der Waals surface area contributed by atoms with Gasteiger partial charge in [-0.2, -0.15) is 0 Å². The summed E-state index contributed by atoms with van der Waals surface area (Å²) >= 11 is 1.65. The number of rotatable bonds is 6. The molecule has 0 saturated heterocycles. The van der Waals surface area contributed by atoms with E-state index in [1.54, 1.807) is 25.1 Å². The second kappa shape index (κ2) is 7.69. The quantitative estimate of drug-likeness (QED) is 0.830. The van der Waals surface area contributed by atoms with Gasteiger partial charge in [-0.1, -0.05) is 6.07 Å². The topological polar surface area (TPSA) is 51.2 Å². The number of hydrogen-bond acceptors (Lipinski definition) is 4. The third kappa shape index (κ3) is 4.79. The molecular formula is C16H18N2O2S. The maximum Gasteiger partial charge on any atom is 0.226 e. The highest BCUT2D eigenvalue weighted by Crippen LogP contribution is 2.22. The molecule has 110 valence electrons. The Balaban J connectivity index is 1.77. The number of benzene rings is 1. The van der Waals surface area contributed by atoms with Crippen molar-refractivity contribution < 1.29 is 9.53 Å². The lowest BCUT2D eigenvalue weighted by molar-refractivity contribution is -0.115. The number of hydrogen-bond donors (Lipinski definition) is 1. The summed E-state index contributed by atoms with van der Waals surface area (Å²) in [6.07, 6.45) is 2.13. The summed E-state index contributed by atoms with van der Waals surface area (Å²) in [5, 5.41) is 2.83. The lowest BCUT2D eigenvalue weighted by atomic mass is 10.3. The zero-order valence-electron chi connectivity index (χ0n) is 12.1. The van der Waals surface area contributed by atoms with Gasteiger partial charge < -0.3 is 10.1 Å². The Labute approximate surface area is 128 Å². The van der Waals surface area contributed by atoms with Crippen molar-refractivity contribution in [1.82, 2.24) is 4.98 Å². The third-order valence-electron chi connectivity index (χ3n) is 2.92. The molecule has 0 aliphatic rings. The number of carbonyl (C=O) groups excluding carboxylic acids is 1. The molecule has 1 aromatic carbocycles. The number of nitrogens with zero attached hydrogens (tertiary/aromatic N) is 1. The van der Waals surface area contributed by atoms with Crippen molar-refractivity contribution in [3.8, 4) is 5.75 Å². The highest BCUT2D eigenvalue weighted by atomic mass is 32.2. The van der Waals surface area contributed by atoms with E-state index in [2.05, 4.69) is 10.3 Å². The molecule has 0 atom stereocenters. The molecule has 2 rings (SSSR count). The number of anilines is 1. The highest BCUT2D eigenvalue weighted by molar-refractivity contribution is 7.99. The normalized spacial score (nSPS) is 10.2. The third-order valence-corrected chi connectivity index (χ3v) is 3.94. The van der Waals surface area contributed by atoms with Crippen LogP contribution in [0.4, 0.5) is 5.82 Å². The molecule has 0 saturated carbocycles. The van der Waals surface area contributed by atoms with Crippen LogP contribution in [0.1, 0.15) is 12.0 Å². The number of nitrogens with one attached hydrogen (secondary N) is 1. The Morgan fingerprint density at radius 3 is 2.71 bits per heavy atom. The number of thioether (sulfide) groups is 1. The van der Waals surface area contributed by atoms with Crippen LogP contribution in [0.25, 0.3) is 0 Å². The lowest BCUT2D eigenvalue weighted by Crippen LogP contribution is -2.14. The van der Waals surface area contributed by atoms with Crippen molar-refractivity contribution in [3.63, 3.8) is 0 Å². The smallest absolute Gasteiger partial charge is 0.226 e. The molecule has 1 aromatic heterocycles. The summed E-state index contributed by atoms with van der Waals surface area (Å²) in [5.74, 6) is 2.18. The van der Waals surface area contributed by atoms with E-state index in [0.717, 1.165) is 22.0 Å². The van der Waals surface area contributed by atoms with Gasteiger partial charge in [0.2, 0.25) is 5.91 Å².